The van der Waals surface area contributed by atoms with Crippen LogP contribution in [-0.2, 0) is 9.53 Å². The Morgan fingerprint density at radius 1 is 1.40 bits per heavy atom. The molecule has 0 radical (unpaired) electrons. The highest BCUT2D eigenvalue weighted by atomic mass is 16.5. The first kappa shape index (κ1) is 10.2. The first-order valence-electron chi connectivity index (χ1n) is 5.17. The van der Waals surface area contributed by atoms with E-state index in [0.29, 0.717) is 12.5 Å². The molecule has 0 aromatic rings. The van der Waals surface area contributed by atoms with E-state index < -0.39 is 0 Å². The summed E-state index contributed by atoms with van der Waals surface area (Å²) in [6, 6.07) is -0.0973. The van der Waals surface area contributed by atoms with Gasteiger partial charge in [0.1, 0.15) is 5.78 Å². The van der Waals surface area contributed by atoms with Gasteiger partial charge in [0.2, 0.25) is 0 Å². The average Bonchev–Trinajstić information content (AvgIpc) is 2.28. The van der Waals surface area contributed by atoms with Crippen molar-refractivity contribution < 1.29 is 14.3 Å². The number of Topliss-reactive ketones (excluding diaryl/α,β-unsaturated/α-hetero) is 1. The highest BCUT2D eigenvalue weighted by Gasteiger charge is 2.42. The van der Waals surface area contributed by atoms with Crippen molar-refractivity contribution in [3.05, 3.63) is 12.2 Å². The van der Waals surface area contributed by atoms with Crippen molar-refractivity contribution in [3.63, 3.8) is 0 Å². The summed E-state index contributed by atoms with van der Waals surface area (Å²) >= 11 is 0. The number of hydrogen-bond donors (Lipinski definition) is 0. The lowest BCUT2D eigenvalue weighted by Crippen LogP contribution is -2.54. The third kappa shape index (κ3) is 1.64. The Hall–Kier alpha value is -1.32. The first-order valence-corrected chi connectivity index (χ1v) is 5.17. The molecule has 0 N–H and O–H groups in total. The number of piperidine rings is 1. The number of ether oxygens (including phenoxy) is 1. The molecule has 1 saturated heterocycles. The molecule has 2 bridgehead atoms. The number of nitrogens with zero attached hydrogens (tertiary/aromatic N) is 1. The number of carbonyl (C=O) groups is 2. The first-order chi connectivity index (χ1) is 7.13. The molecule has 4 nitrogen and oxygen atoms in total. The number of methoxy groups -OCH3 is 1. The van der Waals surface area contributed by atoms with Crippen LogP contribution < -0.4 is 0 Å². The monoisotopic (exact) mass is 209 g/mol. The topological polar surface area (TPSA) is 46.6 Å². The molecule has 0 aromatic heterocycles. The molecule has 0 saturated carbocycles. The molecule has 2 heterocycles. The fourth-order valence-corrected chi connectivity index (χ4v) is 2.50. The SMILES string of the molecule is COC(=O)N1C[C@H]2C=C[C@@H]1[C@@H](C(C)=O)C2. The van der Waals surface area contributed by atoms with Crippen LogP contribution in [0, 0.1) is 11.8 Å². The molecule has 1 aliphatic carbocycles. The number of ketones is 1. The van der Waals surface area contributed by atoms with E-state index in [1.807, 2.05) is 6.08 Å². The van der Waals surface area contributed by atoms with Gasteiger partial charge in [-0.3, -0.25) is 4.79 Å². The van der Waals surface area contributed by atoms with Crippen molar-refractivity contribution in [1.82, 2.24) is 4.90 Å². The molecule has 0 spiro atoms. The van der Waals surface area contributed by atoms with Gasteiger partial charge >= 0.3 is 6.09 Å². The maximum Gasteiger partial charge on any atom is 0.410 e. The summed E-state index contributed by atoms with van der Waals surface area (Å²) in [5, 5.41) is 0. The molecular formula is C11H15NO3. The molecule has 4 heteroatoms. The quantitative estimate of drug-likeness (QED) is 0.610. The molecule has 3 rings (SSSR count). The molecule has 3 atom stereocenters. The van der Waals surface area contributed by atoms with Crippen LogP contribution in [0.15, 0.2) is 12.2 Å². The van der Waals surface area contributed by atoms with Gasteiger partial charge in [-0.1, -0.05) is 12.2 Å². The van der Waals surface area contributed by atoms with Crippen LogP contribution in [0.25, 0.3) is 0 Å². The second-order valence-corrected chi connectivity index (χ2v) is 4.21. The van der Waals surface area contributed by atoms with Gasteiger partial charge in [0, 0.05) is 12.5 Å². The van der Waals surface area contributed by atoms with Crippen LogP contribution in [0.3, 0.4) is 0 Å². The smallest absolute Gasteiger partial charge is 0.410 e. The zero-order chi connectivity index (χ0) is 11.0. The van der Waals surface area contributed by atoms with Crippen LogP contribution in [-0.4, -0.2) is 36.5 Å². The van der Waals surface area contributed by atoms with E-state index in [4.69, 9.17) is 4.74 Å². The van der Waals surface area contributed by atoms with Gasteiger partial charge in [-0.25, -0.2) is 4.79 Å². The molecule has 2 aliphatic heterocycles. The molecular weight excluding hydrogens is 194 g/mol. The molecule has 1 amide bonds. The Labute approximate surface area is 88.9 Å². The summed E-state index contributed by atoms with van der Waals surface area (Å²) in [6.07, 6.45) is 4.59. The summed E-state index contributed by atoms with van der Waals surface area (Å²) in [6.45, 7) is 2.27. The lowest BCUT2D eigenvalue weighted by Gasteiger charge is -2.44. The lowest BCUT2D eigenvalue weighted by atomic mass is 9.76. The number of fused-ring (bicyclic) bond motifs is 2. The third-order valence-electron chi connectivity index (χ3n) is 3.27. The molecule has 82 valence electrons. The zero-order valence-electron chi connectivity index (χ0n) is 8.97. The van der Waals surface area contributed by atoms with E-state index in [2.05, 4.69) is 6.08 Å². The van der Waals surface area contributed by atoms with Gasteiger partial charge in [0.15, 0.2) is 0 Å². The predicted octanol–water partition coefficient (Wildman–Crippen LogP) is 1.22. The fraction of sp³-hybridized carbons (Fsp3) is 0.636. The second kappa shape index (κ2) is 3.68. The van der Waals surface area contributed by atoms with E-state index in [-0.39, 0.29) is 23.8 Å². The lowest BCUT2D eigenvalue weighted by molar-refractivity contribution is -0.124. The van der Waals surface area contributed by atoms with Gasteiger partial charge in [-0.05, 0) is 19.3 Å². The summed E-state index contributed by atoms with van der Waals surface area (Å²) in [5.41, 5.74) is 0. The van der Waals surface area contributed by atoms with Crippen LogP contribution in [0.2, 0.25) is 0 Å². The summed E-state index contributed by atoms with van der Waals surface area (Å²) in [7, 11) is 1.37. The highest BCUT2D eigenvalue weighted by molar-refractivity contribution is 5.81. The molecule has 3 aliphatic rings. The molecule has 15 heavy (non-hydrogen) atoms. The Balaban J connectivity index is 2.21. The Kier molecular flexibility index (Phi) is 2.50. The average molecular weight is 209 g/mol. The Bertz CT molecular complexity index is 324. The molecule has 0 aromatic carbocycles. The number of carbonyl (C=O) groups excluding carboxylic acids is 2. The van der Waals surface area contributed by atoms with Crippen molar-refractivity contribution >= 4 is 11.9 Å². The largest absolute Gasteiger partial charge is 0.453 e. The van der Waals surface area contributed by atoms with Gasteiger partial charge in [0.05, 0.1) is 13.2 Å². The Morgan fingerprint density at radius 2 is 2.13 bits per heavy atom. The number of hydrogen-bond acceptors (Lipinski definition) is 3. The molecule has 0 unspecified atom stereocenters. The van der Waals surface area contributed by atoms with Gasteiger partial charge in [-0.2, -0.15) is 0 Å². The number of rotatable bonds is 1. The van der Waals surface area contributed by atoms with Gasteiger partial charge < -0.3 is 9.64 Å². The van der Waals surface area contributed by atoms with E-state index in [1.54, 1.807) is 11.8 Å². The zero-order valence-corrected chi connectivity index (χ0v) is 8.97. The maximum absolute atomic E-state index is 11.5. The normalized spacial score (nSPS) is 32.9. The van der Waals surface area contributed by atoms with Gasteiger partial charge in [-0.15, -0.1) is 0 Å². The second-order valence-electron chi connectivity index (χ2n) is 4.21. The van der Waals surface area contributed by atoms with E-state index in [1.165, 1.54) is 7.11 Å². The van der Waals surface area contributed by atoms with E-state index in [0.717, 1.165) is 6.42 Å². The van der Waals surface area contributed by atoms with Crippen LogP contribution in [0.1, 0.15) is 13.3 Å². The van der Waals surface area contributed by atoms with Crippen molar-refractivity contribution in [2.45, 2.75) is 19.4 Å². The fourth-order valence-electron chi connectivity index (χ4n) is 2.50. The van der Waals surface area contributed by atoms with E-state index in [9.17, 15) is 9.59 Å². The summed E-state index contributed by atoms with van der Waals surface area (Å²) in [5.74, 6) is 0.416. The van der Waals surface area contributed by atoms with Crippen LogP contribution >= 0.6 is 0 Å². The Morgan fingerprint density at radius 3 is 2.67 bits per heavy atom. The minimum absolute atomic E-state index is 0.0483. The molecule has 1 fully saturated rings. The summed E-state index contributed by atoms with van der Waals surface area (Å²) in [4.78, 5) is 24.6. The standard InChI is InChI=1S/C11H15NO3/c1-7(13)9-5-8-3-4-10(9)12(6-8)11(14)15-2/h3-4,8-10H,5-6H2,1-2H3/t8-,9+,10+/m0/s1. The van der Waals surface area contributed by atoms with Crippen molar-refractivity contribution in [1.29, 1.82) is 0 Å². The van der Waals surface area contributed by atoms with Crippen LogP contribution in [0.5, 0.6) is 0 Å². The predicted molar refractivity (Wildman–Crippen MR) is 54.3 cm³/mol. The van der Waals surface area contributed by atoms with Crippen LogP contribution in [0.4, 0.5) is 4.79 Å². The van der Waals surface area contributed by atoms with E-state index >= 15 is 0 Å². The van der Waals surface area contributed by atoms with Gasteiger partial charge in [0.25, 0.3) is 0 Å². The highest BCUT2D eigenvalue weighted by Crippen LogP contribution is 2.35. The summed E-state index contributed by atoms with van der Waals surface area (Å²) < 4.78 is 4.71. The maximum atomic E-state index is 11.5. The van der Waals surface area contributed by atoms with Crippen molar-refractivity contribution in [2.24, 2.45) is 11.8 Å². The number of amides is 1. The van der Waals surface area contributed by atoms with Crippen molar-refractivity contribution in [2.75, 3.05) is 13.7 Å². The minimum atomic E-state index is -0.333. The third-order valence-corrected chi connectivity index (χ3v) is 3.27. The van der Waals surface area contributed by atoms with Crippen molar-refractivity contribution in [3.8, 4) is 0 Å². The minimum Gasteiger partial charge on any atom is -0.453 e.